The number of nitrogens with one attached hydrogen (secondary N) is 1. The second kappa shape index (κ2) is 8.70. The van der Waals surface area contributed by atoms with Crippen molar-refractivity contribution in [2.75, 3.05) is 0 Å². The topological polar surface area (TPSA) is 29.1 Å². The van der Waals surface area contributed by atoms with Crippen LogP contribution < -0.4 is 5.32 Å². The normalized spacial score (nSPS) is 18.2. The van der Waals surface area contributed by atoms with Crippen molar-refractivity contribution in [2.24, 2.45) is 0 Å². The molecule has 0 aromatic heterocycles. The van der Waals surface area contributed by atoms with Gasteiger partial charge in [0.1, 0.15) is 0 Å². The molecule has 0 aliphatic heterocycles. The highest BCUT2D eigenvalue weighted by molar-refractivity contribution is 5.96. The number of aryl methyl sites for hydroxylation is 5. The van der Waals surface area contributed by atoms with Gasteiger partial charge in [0.2, 0.25) is 0 Å². The lowest BCUT2D eigenvalue weighted by Crippen LogP contribution is -2.37. The summed E-state index contributed by atoms with van der Waals surface area (Å²) in [5.74, 6) is 0.446. The van der Waals surface area contributed by atoms with Crippen molar-refractivity contribution in [1.29, 1.82) is 0 Å². The Morgan fingerprint density at radius 3 is 2.26 bits per heavy atom. The summed E-state index contributed by atoms with van der Waals surface area (Å²) in [5.41, 5.74) is 10.8. The van der Waals surface area contributed by atoms with E-state index in [0.29, 0.717) is 5.92 Å². The summed E-state index contributed by atoms with van der Waals surface area (Å²) in [4.78, 5) is 13.2. The molecule has 0 radical (unpaired) electrons. The zero-order valence-corrected chi connectivity index (χ0v) is 19.4. The van der Waals surface area contributed by atoms with E-state index in [9.17, 15) is 4.79 Å². The van der Waals surface area contributed by atoms with Gasteiger partial charge in [0.25, 0.3) is 5.91 Å². The molecule has 2 atom stereocenters. The number of hydrogen-bond acceptors (Lipinski definition) is 1. The molecule has 1 fully saturated rings. The van der Waals surface area contributed by atoms with Gasteiger partial charge in [0, 0.05) is 17.5 Å². The zero-order chi connectivity index (χ0) is 22.1. The standard InChI is InChI=1S/C29H33NO/c1-18-9-6-7-10-24(18)23-13-14-25(22(5)16-23)29(31)30-28-12-8-11-26(28)27-17-20(3)19(2)15-21(27)4/h6-7,9-10,13-17,26,28H,8,11-12H2,1-5H3,(H,30,31). The zero-order valence-electron chi connectivity index (χ0n) is 19.4. The van der Waals surface area contributed by atoms with Crippen molar-refractivity contribution < 1.29 is 4.79 Å². The summed E-state index contributed by atoms with van der Waals surface area (Å²) in [6.45, 7) is 10.7. The molecule has 0 spiro atoms. The molecule has 3 aromatic rings. The van der Waals surface area contributed by atoms with Crippen LogP contribution in [0.25, 0.3) is 11.1 Å². The van der Waals surface area contributed by atoms with Crippen LogP contribution in [0, 0.1) is 34.6 Å². The number of hydrogen-bond donors (Lipinski definition) is 1. The third-order valence-electron chi connectivity index (χ3n) is 7.04. The third-order valence-corrected chi connectivity index (χ3v) is 7.04. The summed E-state index contributed by atoms with van der Waals surface area (Å²) in [6, 6.07) is 19.4. The van der Waals surface area contributed by atoms with Crippen LogP contribution >= 0.6 is 0 Å². The van der Waals surface area contributed by atoms with E-state index in [0.717, 1.165) is 36.0 Å². The Morgan fingerprint density at radius 1 is 0.774 bits per heavy atom. The molecule has 2 unspecified atom stereocenters. The molecule has 160 valence electrons. The minimum absolute atomic E-state index is 0.0484. The molecule has 1 amide bonds. The maximum atomic E-state index is 13.2. The molecule has 0 bridgehead atoms. The van der Waals surface area contributed by atoms with Gasteiger partial charge in [-0.1, -0.05) is 55.0 Å². The fraction of sp³-hybridized carbons (Fsp3) is 0.345. The lowest BCUT2D eigenvalue weighted by Gasteiger charge is -2.24. The monoisotopic (exact) mass is 411 g/mol. The van der Waals surface area contributed by atoms with Crippen LogP contribution in [-0.2, 0) is 0 Å². The summed E-state index contributed by atoms with van der Waals surface area (Å²) >= 11 is 0. The number of amides is 1. The summed E-state index contributed by atoms with van der Waals surface area (Å²) in [5, 5.41) is 3.38. The van der Waals surface area contributed by atoms with E-state index in [2.05, 4.69) is 81.5 Å². The predicted molar refractivity (Wildman–Crippen MR) is 130 cm³/mol. The van der Waals surface area contributed by atoms with Crippen molar-refractivity contribution >= 4 is 5.91 Å². The highest BCUT2D eigenvalue weighted by Crippen LogP contribution is 2.37. The largest absolute Gasteiger partial charge is 0.349 e. The van der Waals surface area contributed by atoms with Gasteiger partial charge in [0.05, 0.1) is 0 Å². The van der Waals surface area contributed by atoms with Gasteiger partial charge in [-0.15, -0.1) is 0 Å². The molecule has 31 heavy (non-hydrogen) atoms. The average Bonchev–Trinajstić information content (AvgIpc) is 3.18. The molecule has 2 nitrogen and oxygen atoms in total. The summed E-state index contributed by atoms with van der Waals surface area (Å²) in [6.07, 6.45) is 3.34. The van der Waals surface area contributed by atoms with Crippen molar-refractivity contribution in [2.45, 2.75) is 65.8 Å². The molecule has 1 aliphatic rings. The van der Waals surface area contributed by atoms with Gasteiger partial charge in [0.15, 0.2) is 0 Å². The van der Waals surface area contributed by atoms with Crippen LogP contribution in [-0.4, -0.2) is 11.9 Å². The van der Waals surface area contributed by atoms with Gasteiger partial charge in [-0.3, -0.25) is 4.79 Å². The van der Waals surface area contributed by atoms with Crippen LogP contribution in [0.15, 0.2) is 54.6 Å². The Bertz CT molecular complexity index is 1130. The number of benzene rings is 3. The maximum Gasteiger partial charge on any atom is 0.251 e. The molecule has 1 aliphatic carbocycles. The van der Waals surface area contributed by atoms with Crippen molar-refractivity contribution in [3.8, 4) is 11.1 Å². The Hall–Kier alpha value is -2.87. The van der Waals surface area contributed by atoms with Crippen LogP contribution in [0.3, 0.4) is 0 Å². The van der Waals surface area contributed by atoms with E-state index in [1.54, 1.807) is 0 Å². The fourth-order valence-electron chi connectivity index (χ4n) is 5.12. The van der Waals surface area contributed by atoms with Crippen LogP contribution in [0.1, 0.15) is 68.9 Å². The minimum Gasteiger partial charge on any atom is -0.349 e. The highest BCUT2D eigenvalue weighted by atomic mass is 16.1. The fourth-order valence-corrected chi connectivity index (χ4v) is 5.12. The Morgan fingerprint density at radius 2 is 1.52 bits per heavy atom. The van der Waals surface area contributed by atoms with Gasteiger partial charge < -0.3 is 5.32 Å². The van der Waals surface area contributed by atoms with E-state index < -0.39 is 0 Å². The van der Waals surface area contributed by atoms with Gasteiger partial charge in [-0.25, -0.2) is 0 Å². The molecule has 4 rings (SSSR count). The van der Waals surface area contributed by atoms with Crippen LogP contribution in [0.5, 0.6) is 0 Å². The first-order chi connectivity index (χ1) is 14.8. The Kier molecular flexibility index (Phi) is 6.00. The van der Waals surface area contributed by atoms with E-state index >= 15 is 0 Å². The number of carbonyl (C=O) groups is 1. The average molecular weight is 412 g/mol. The van der Waals surface area contributed by atoms with Gasteiger partial charge >= 0.3 is 0 Å². The SMILES string of the molecule is Cc1cc(C)c(C2CCCC2NC(=O)c2ccc(-c3ccccc3C)cc2C)cc1C. The molecule has 0 saturated heterocycles. The van der Waals surface area contributed by atoms with Crippen LogP contribution in [0.2, 0.25) is 0 Å². The second-order valence-corrected chi connectivity index (χ2v) is 9.26. The minimum atomic E-state index is 0.0484. The molecule has 0 heterocycles. The van der Waals surface area contributed by atoms with E-state index in [4.69, 9.17) is 0 Å². The van der Waals surface area contributed by atoms with E-state index in [1.807, 2.05) is 13.0 Å². The van der Waals surface area contributed by atoms with Crippen molar-refractivity contribution in [1.82, 2.24) is 5.32 Å². The van der Waals surface area contributed by atoms with Crippen molar-refractivity contribution in [3.05, 3.63) is 93.5 Å². The summed E-state index contributed by atoms with van der Waals surface area (Å²) in [7, 11) is 0. The molecule has 1 N–H and O–H groups in total. The smallest absolute Gasteiger partial charge is 0.251 e. The maximum absolute atomic E-state index is 13.2. The van der Waals surface area contributed by atoms with Crippen molar-refractivity contribution in [3.63, 3.8) is 0 Å². The molecular weight excluding hydrogens is 378 g/mol. The highest BCUT2D eigenvalue weighted by Gasteiger charge is 2.31. The molecule has 2 heteroatoms. The Balaban J connectivity index is 1.55. The lowest BCUT2D eigenvalue weighted by molar-refractivity contribution is 0.0933. The summed E-state index contributed by atoms with van der Waals surface area (Å²) < 4.78 is 0. The van der Waals surface area contributed by atoms with Gasteiger partial charge in [-0.2, -0.15) is 0 Å². The number of carbonyl (C=O) groups excluding carboxylic acids is 1. The van der Waals surface area contributed by atoms with E-state index in [1.165, 1.54) is 33.4 Å². The first-order valence-corrected chi connectivity index (χ1v) is 11.4. The van der Waals surface area contributed by atoms with Gasteiger partial charge in [-0.05, 0) is 98.0 Å². The Labute approximate surface area is 186 Å². The molecule has 3 aromatic carbocycles. The second-order valence-electron chi connectivity index (χ2n) is 9.26. The predicted octanol–water partition coefficient (Wildman–Crippen LogP) is 6.96. The van der Waals surface area contributed by atoms with Crippen LogP contribution in [0.4, 0.5) is 0 Å². The first-order valence-electron chi connectivity index (χ1n) is 11.4. The first kappa shape index (κ1) is 21.4. The third kappa shape index (κ3) is 4.30. The molecular formula is C29H33NO. The van der Waals surface area contributed by atoms with E-state index in [-0.39, 0.29) is 11.9 Å². The number of rotatable bonds is 4. The molecule has 1 saturated carbocycles. The quantitative estimate of drug-likeness (QED) is 0.494. The lowest BCUT2D eigenvalue weighted by atomic mass is 9.87.